The van der Waals surface area contributed by atoms with E-state index in [2.05, 4.69) is 9.97 Å². The van der Waals surface area contributed by atoms with Crippen LogP contribution in [0.4, 0.5) is 0 Å². The van der Waals surface area contributed by atoms with Gasteiger partial charge >= 0.3 is 0 Å². The first kappa shape index (κ1) is 12.3. The number of halogens is 2. The van der Waals surface area contributed by atoms with E-state index in [1.807, 2.05) is 30.3 Å². The van der Waals surface area contributed by atoms with Gasteiger partial charge in [0.25, 0.3) is 0 Å². The van der Waals surface area contributed by atoms with E-state index in [1.54, 1.807) is 0 Å². The maximum absolute atomic E-state index is 10.0. The van der Waals surface area contributed by atoms with Crippen molar-refractivity contribution in [3.05, 3.63) is 58.1 Å². The molecule has 3 nitrogen and oxygen atoms in total. The third-order valence-electron chi connectivity index (χ3n) is 2.31. The summed E-state index contributed by atoms with van der Waals surface area (Å²) < 4.78 is 0. The minimum Gasteiger partial charge on any atom is -0.386 e. The molecule has 0 saturated heterocycles. The average Bonchev–Trinajstić information content (AvgIpc) is 2.30. The molecule has 17 heavy (non-hydrogen) atoms. The molecule has 0 aliphatic heterocycles. The highest BCUT2D eigenvalue weighted by Crippen LogP contribution is 2.23. The fourth-order valence-corrected chi connectivity index (χ4v) is 1.96. The molecule has 2 rings (SSSR count). The molecule has 0 aliphatic rings. The van der Waals surface area contributed by atoms with Crippen molar-refractivity contribution in [2.75, 3.05) is 0 Å². The van der Waals surface area contributed by atoms with Crippen LogP contribution in [-0.2, 0) is 6.42 Å². The van der Waals surface area contributed by atoms with Crippen molar-refractivity contribution in [1.82, 2.24) is 9.97 Å². The number of aromatic nitrogens is 2. The topological polar surface area (TPSA) is 46.0 Å². The molecule has 0 saturated carbocycles. The predicted octanol–water partition coefficient (Wildman–Crippen LogP) is 3.06. The normalized spacial score (nSPS) is 12.4. The van der Waals surface area contributed by atoms with Gasteiger partial charge in [-0.2, -0.15) is 0 Å². The van der Waals surface area contributed by atoms with Gasteiger partial charge in [-0.3, -0.25) is 4.98 Å². The molecular formula is C12H10Cl2N2O. The van der Waals surface area contributed by atoms with E-state index in [-0.39, 0.29) is 10.3 Å². The van der Waals surface area contributed by atoms with Crippen molar-refractivity contribution in [2.45, 2.75) is 12.5 Å². The van der Waals surface area contributed by atoms with Gasteiger partial charge in [-0.15, -0.1) is 0 Å². The predicted molar refractivity (Wildman–Crippen MR) is 67.2 cm³/mol. The molecule has 1 aromatic heterocycles. The first-order valence-corrected chi connectivity index (χ1v) is 5.82. The van der Waals surface area contributed by atoms with E-state index in [1.165, 1.54) is 6.20 Å². The Balaban J connectivity index is 2.17. The van der Waals surface area contributed by atoms with Crippen molar-refractivity contribution in [3.63, 3.8) is 0 Å². The molecular weight excluding hydrogens is 259 g/mol. The molecule has 1 N–H and O–H groups in total. The Morgan fingerprint density at radius 3 is 2.53 bits per heavy atom. The Morgan fingerprint density at radius 1 is 1.18 bits per heavy atom. The molecule has 1 unspecified atom stereocenters. The molecule has 0 aliphatic carbocycles. The lowest BCUT2D eigenvalue weighted by Crippen LogP contribution is -2.06. The van der Waals surface area contributed by atoms with Crippen LogP contribution in [0.1, 0.15) is 17.4 Å². The minimum absolute atomic E-state index is 0.140. The zero-order valence-electron chi connectivity index (χ0n) is 8.85. The summed E-state index contributed by atoms with van der Waals surface area (Å²) in [6.07, 6.45) is 1.03. The maximum Gasteiger partial charge on any atom is 0.155 e. The molecule has 0 fully saturated rings. The minimum atomic E-state index is -0.783. The van der Waals surface area contributed by atoms with Gasteiger partial charge in [0, 0.05) is 6.42 Å². The monoisotopic (exact) mass is 268 g/mol. The van der Waals surface area contributed by atoms with Gasteiger partial charge in [0.05, 0.1) is 6.20 Å². The first-order chi connectivity index (χ1) is 8.16. The van der Waals surface area contributed by atoms with Gasteiger partial charge in [-0.05, 0) is 5.56 Å². The van der Waals surface area contributed by atoms with Crippen LogP contribution < -0.4 is 0 Å². The SMILES string of the molecule is OC(Cc1ccccc1)c1ncc(Cl)nc1Cl. The summed E-state index contributed by atoms with van der Waals surface area (Å²) in [5, 5.41) is 10.4. The third-order valence-corrected chi connectivity index (χ3v) is 2.77. The summed E-state index contributed by atoms with van der Waals surface area (Å²) >= 11 is 11.5. The van der Waals surface area contributed by atoms with Crippen LogP contribution in [0.25, 0.3) is 0 Å². The molecule has 0 radical (unpaired) electrons. The number of aliphatic hydroxyl groups excluding tert-OH is 1. The maximum atomic E-state index is 10.0. The van der Waals surface area contributed by atoms with E-state index < -0.39 is 6.10 Å². The Hall–Kier alpha value is -1.16. The lowest BCUT2D eigenvalue weighted by Gasteiger charge is -2.11. The fraction of sp³-hybridized carbons (Fsp3) is 0.167. The molecule has 0 bridgehead atoms. The summed E-state index contributed by atoms with van der Waals surface area (Å²) in [5.74, 6) is 0. The van der Waals surface area contributed by atoms with Gasteiger partial charge in [0.15, 0.2) is 5.15 Å². The standard InChI is InChI=1S/C12H10Cl2N2O/c13-10-7-15-11(12(14)16-10)9(17)6-8-4-2-1-3-5-8/h1-5,7,9,17H,6H2. The number of hydrogen-bond acceptors (Lipinski definition) is 3. The second-order valence-electron chi connectivity index (χ2n) is 3.57. The fourth-order valence-electron chi connectivity index (χ4n) is 1.51. The smallest absolute Gasteiger partial charge is 0.155 e. The summed E-state index contributed by atoms with van der Waals surface area (Å²) in [7, 11) is 0. The van der Waals surface area contributed by atoms with Gasteiger partial charge < -0.3 is 5.11 Å². The number of hydrogen-bond donors (Lipinski definition) is 1. The summed E-state index contributed by atoms with van der Waals surface area (Å²) in [5.41, 5.74) is 1.35. The van der Waals surface area contributed by atoms with E-state index in [0.717, 1.165) is 5.56 Å². The van der Waals surface area contributed by atoms with Crippen molar-refractivity contribution < 1.29 is 5.11 Å². The Kier molecular flexibility index (Phi) is 3.94. The molecule has 0 amide bonds. The first-order valence-electron chi connectivity index (χ1n) is 5.07. The van der Waals surface area contributed by atoms with E-state index in [9.17, 15) is 5.11 Å². The molecule has 1 atom stereocenters. The Bertz CT molecular complexity index is 505. The second kappa shape index (κ2) is 5.45. The van der Waals surface area contributed by atoms with Crippen LogP contribution in [0.5, 0.6) is 0 Å². The van der Waals surface area contributed by atoms with Crippen LogP contribution in [0.2, 0.25) is 10.3 Å². The van der Waals surface area contributed by atoms with Crippen LogP contribution in [0.3, 0.4) is 0 Å². The highest BCUT2D eigenvalue weighted by atomic mass is 35.5. The highest BCUT2D eigenvalue weighted by Gasteiger charge is 2.15. The van der Waals surface area contributed by atoms with Crippen molar-refractivity contribution in [2.24, 2.45) is 0 Å². The zero-order valence-corrected chi connectivity index (χ0v) is 10.4. The Labute approximate surface area is 109 Å². The average molecular weight is 269 g/mol. The van der Waals surface area contributed by atoms with E-state index in [0.29, 0.717) is 12.1 Å². The van der Waals surface area contributed by atoms with Crippen LogP contribution in [0, 0.1) is 0 Å². The van der Waals surface area contributed by atoms with Crippen molar-refractivity contribution >= 4 is 23.2 Å². The van der Waals surface area contributed by atoms with Gasteiger partial charge in [-0.1, -0.05) is 53.5 Å². The van der Waals surface area contributed by atoms with Gasteiger partial charge in [-0.25, -0.2) is 4.98 Å². The van der Waals surface area contributed by atoms with Crippen LogP contribution in [-0.4, -0.2) is 15.1 Å². The highest BCUT2D eigenvalue weighted by molar-refractivity contribution is 6.32. The van der Waals surface area contributed by atoms with E-state index >= 15 is 0 Å². The molecule has 1 aromatic carbocycles. The summed E-state index contributed by atoms with van der Waals surface area (Å²) in [4.78, 5) is 7.84. The van der Waals surface area contributed by atoms with Gasteiger partial charge in [0.1, 0.15) is 17.0 Å². The number of rotatable bonds is 3. The Morgan fingerprint density at radius 2 is 1.88 bits per heavy atom. The molecule has 2 aromatic rings. The van der Waals surface area contributed by atoms with E-state index in [4.69, 9.17) is 23.2 Å². The second-order valence-corrected chi connectivity index (χ2v) is 4.32. The lowest BCUT2D eigenvalue weighted by molar-refractivity contribution is 0.173. The molecule has 1 heterocycles. The quantitative estimate of drug-likeness (QED) is 0.931. The van der Waals surface area contributed by atoms with Gasteiger partial charge in [0.2, 0.25) is 0 Å². The number of benzene rings is 1. The van der Waals surface area contributed by atoms with Crippen LogP contribution in [0.15, 0.2) is 36.5 Å². The summed E-state index contributed by atoms with van der Waals surface area (Å²) in [6.45, 7) is 0. The molecule has 5 heteroatoms. The summed E-state index contributed by atoms with van der Waals surface area (Å²) in [6, 6.07) is 9.61. The zero-order chi connectivity index (χ0) is 12.3. The van der Waals surface area contributed by atoms with Crippen molar-refractivity contribution in [1.29, 1.82) is 0 Å². The lowest BCUT2D eigenvalue weighted by atomic mass is 10.1. The third kappa shape index (κ3) is 3.16. The molecule has 88 valence electrons. The number of nitrogens with zero attached hydrogens (tertiary/aromatic N) is 2. The largest absolute Gasteiger partial charge is 0.386 e. The van der Waals surface area contributed by atoms with Crippen LogP contribution >= 0.6 is 23.2 Å². The molecule has 0 spiro atoms. The number of aliphatic hydroxyl groups is 1. The van der Waals surface area contributed by atoms with Crippen molar-refractivity contribution in [3.8, 4) is 0 Å².